The van der Waals surface area contributed by atoms with Crippen molar-refractivity contribution in [3.8, 4) is 0 Å². The van der Waals surface area contributed by atoms with Crippen LogP contribution in [0.25, 0.3) is 0 Å². The van der Waals surface area contributed by atoms with Gasteiger partial charge in [0.15, 0.2) is 0 Å². The van der Waals surface area contributed by atoms with Gasteiger partial charge < -0.3 is 0 Å². The molecule has 2 N–H and O–H groups in total. The normalized spacial score (nSPS) is 11.8. The van der Waals surface area contributed by atoms with Crippen LogP contribution in [0.3, 0.4) is 0 Å². The molecule has 28 heavy (non-hydrogen) atoms. The first-order chi connectivity index (χ1) is 13.4. The minimum atomic E-state index is -0.462. The number of hydrogen-bond acceptors (Lipinski definition) is 8. The van der Waals surface area contributed by atoms with Gasteiger partial charge in [0, 0.05) is 24.3 Å². The number of hydrazone groups is 2. The lowest BCUT2D eigenvalue weighted by atomic mass is 10.1. The van der Waals surface area contributed by atoms with Gasteiger partial charge in [0.1, 0.15) is 0 Å². The predicted molar refractivity (Wildman–Crippen MR) is 109 cm³/mol. The number of rotatable bonds is 9. The first-order valence-electron chi connectivity index (χ1n) is 8.59. The van der Waals surface area contributed by atoms with Crippen LogP contribution in [0.15, 0.2) is 58.7 Å². The summed E-state index contributed by atoms with van der Waals surface area (Å²) < 4.78 is 0. The van der Waals surface area contributed by atoms with Gasteiger partial charge in [0.2, 0.25) is 0 Å². The van der Waals surface area contributed by atoms with Crippen molar-refractivity contribution in [2.45, 2.75) is 26.7 Å². The van der Waals surface area contributed by atoms with E-state index in [-0.39, 0.29) is 11.4 Å². The molecule has 2 aromatic rings. The molecule has 0 amide bonds. The fourth-order valence-electron chi connectivity index (χ4n) is 2.27. The van der Waals surface area contributed by atoms with Crippen molar-refractivity contribution in [3.63, 3.8) is 0 Å². The molecule has 146 valence electrons. The summed E-state index contributed by atoms with van der Waals surface area (Å²) in [4.78, 5) is 20.5. The zero-order valence-electron chi connectivity index (χ0n) is 15.5. The Morgan fingerprint density at radius 2 is 1.07 bits per heavy atom. The number of anilines is 2. The Bertz CT molecular complexity index is 816. The van der Waals surface area contributed by atoms with Gasteiger partial charge in [-0.15, -0.1) is 0 Å². The van der Waals surface area contributed by atoms with E-state index in [0.717, 1.165) is 11.4 Å². The van der Waals surface area contributed by atoms with E-state index in [1.807, 2.05) is 13.8 Å². The number of nitro benzene ring substituents is 2. The highest BCUT2D eigenvalue weighted by molar-refractivity contribution is 6.42. The van der Waals surface area contributed by atoms with Crippen molar-refractivity contribution in [3.05, 3.63) is 68.8 Å². The van der Waals surface area contributed by atoms with E-state index in [0.29, 0.717) is 24.2 Å². The largest absolute Gasteiger partial charge is 0.278 e. The van der Waals surface area contributed by atoms with Crippen molar-refractivity contribution in [1.29, 1.82) is 0 Å². The smallest absolute Gasteiger partial charge is 0.269 e. The van der Waals surface area contributed by atoms with Crippen LogP contribution in [0.5, 0.6) is 0 Å². The van der Waals surface area contributed by atoms with Crippen molar-refractivity contribution < 1.29 is 9.85 Å². The van der Waals surface area contributed by atoms with Crippen LogP contribution in [0.2, 0.25) is 0 Å². The third kappa shape index (κ3) is 5.59. The highest BCUT2D eigenvalue weighted by Gasteiger charge is 2.08. The first kappa shape index (κ1) is 20.5. The third-order valence-corrected chi connectivity index (χ3v) is 3.80. The van der Waals surface area contributed by atoms with Crippen molar-refractivity contribution >= 4 is 34.2 Å². The van der Waals surface area contributed by atoms with Gasteiger partial charge in [-0.05, 0) is 37.1 Å². The van der Waals surface area contributed by atoms with E-state index in [1.54, 1.807) is 24.3 Å². The molecule has 10 nitrogen and oxygen atoms in total. The Labute approximate surface area is 161 Å². The zero-order chi connectivity index (χ0) is 20.5. The average Bonchev–Trinajstić information content (AvgIpc) is 2.71. The summed E-state index contributed by atoms with van der Waals surface area (Å²) in [5.41, 5.74) is 8.45. The molecule has 0 atom stereocenters. The Morgan fingerprint density at radius 1 is 0.750 bits per heavy atom. The molecule has 0 saturated carbocycles. The molecular weight excluding hydrogens is 364 g/mol. The summed E-state index contributed by atoms with van der Waals surface area (Å²) in [7, 11) is 0. The van der Waals surface area contributed by atoms with E-state index in [1.165, 1.54) is 24.3 Å². The van der Waals surface area contributed by atoms with E-state index < -0.39 is 9.85 Å². The van der Waals surface area contributed by atoms with Gasteiger partial charge >= 0.3 is 0 Å². The summed E-state index contributed by atoms with van der Waals surface area (Å²) >= 11 is 0. The molecular formula is C18H20N6O4. The highest BCUT2D eigenvalue weighted by atomic mass is 16.6. The number of nitrogens with zero attached hydrogens (tertiary/aromatic N) is 4. The molecule has 0 unspecified atom stereocenters. The monoisotopic (exact) mass is 384 g/mol. The number of hydrogen-bond donors (Lipinski definition) is 2. The van der Waals surface area contributed by atoms with Gasteiger partial charge in [-0.2, -0.15) is 10.2 Å². The van der Waals surface area contributed by atoms with Gasteiger partial charge in [-0.1, -0.05) is 13.8 Å². The second kappa shape index (κ2) is 9.76. The van der Waals surface area contributed by atoms with E-state index in [9.17, 15) is 20.2 Å². The van der Waals surface area contributed by atoms with Crippen LogP contribution in [0, 0.1) is 20.2 Å². The zero-order valence-corrected chi connectivity index (χ0v) is 15.5. The van der Waals surface area contributed by atoms with Crippen molar-refractivity contribution in [2.75, 3.05) is 10.9 Å². The van der Waals surface area contributed by atoms with E-state index in [2.05, 4.69) is 21.1 Å². The molecule has 0 heterocycles. The molecule has 0 fully saturated rings. The third-order valence-electron chi connectivity index (χ3n) is 3.80. The Morgan fingerprint density at radius 3 is 1.32 bits per heavy atom. The molecule has 0 radical (unpaired) electrons. The SMILES string of the molecule is CCC(=N\Nc1ccc([N+](=O)[O-])cc1)/C(CC)=N/Nc1ccc([N+](=O)[O-])cc1. The van der Waals surface area contributed by atoms with Crippen LogP contribution >= 0.6 is 0 Å². The summed E-state index contributed by atoms with van der Waals surface area (Å²) in [6.07, 6.45) is 1.24. The lowest BCUT2D eigenvalue weighted by molar-refractivity contribution is -0.385. The number of non-ortho nitro benzene ring substituents is 2. The summed E-state index contributed by atoms with van der Waals surface area (Å²) in [6.45, 7) is 3.88. The van der Waals surface area contributed by atoms with Crippen molar-refractivity contribution in [2.24, 2.45) is 10.2 Å². The first-order valence-corrected chi connectivity index (χ1v) is 8.59. The molecule has 2 rings (SSSR count). The molecule has 0 bridgehead atoms. The quantitative estimate of drug-likeness (QED) is 0.369. The average molecular weight is 384 g/mol. The lowest BCUT2D eigenvalue weighted by Gasteiger charge is -2.08. The summed E-state index contributed by atoms with van der Waals surface area (Å²) in [6, 6.07) is 11.9. The molecule has 0 aliphatic heterocycles. The Balaban J connectivity index is 2.10. The van der Waals surface area contributed by atoms with Crippen LogP contribution in [-0.2, 0) is 0 Å². The van der Waals surface area contributed by atoms with E-state index in [4.69, 9.17) is 0 Å². The molecule has 0 spiro atoms. The Hall–Kier alpha value is -3.82. The maximum Gasteiger partial charge on any atom is 0.269 e. The Kier molecular flexibility index (Phi) is 7.14. The summed E-state index contributed by atoms with van der Waals surface area (Å²) in [5.74, 6) is 0. The highest BCUT2D eigenvalue weighted by Crippen LogP contribution is 2.17. The fraction of sp³-hybridized carbons (Fsp3) is 0.222. The molecule has 0 aromatic heterocycles. The molecule has 0 aliphatic carbocycles. The lowest BCUT2D eigenvalue weighted by Crippen LogP contribution is -2.16. The topological polar surface area (TPSA) is 135 Å². The summed E-state index contributed by atoms with van der Waals surface area (Å²) in [5, 5.41) is 30.1. The van der Waals surface area contributed by atoms with Crippen LogP contribution < -0.4 is 10.9 Å². The van der Waals surface area contributed by atoms with Gasteiger partial charge in [0.25, 0.3) is 11.4 Å². The predicted octanol–water partition coefficient (Wildman–Crippen LogP) is 4.56. The second-order valence-corrected chi connectivity index (χ2v) is 5.66. The maximum absolute atomic E-state index is 10.7. The van der Waals surface area contributed by atoms with Crippen LogP contribution in [-0.4, -0.2) is 21.3 Å². The molecule has 10 heteroatoms. The van der Waals surface area contributed by atoms with Crippen LogP contribution in [0.4, 0.5) is 22.7 Å². The minimum absolute atomic E-state index is 0.00773. The van der Waals surface area contributed by atoms with Crippen molar-refractivity contribution in [1.82, 2.24) is 0 Å². The van der Waals surface area contributed by atoms with Gasteiger partial charge in [-0.25, -0.2) is 0 Å². The molecule has 2 aromatic carbocycles. The number of nitrogens with one attached hydrogen (secondary N) is 2. The number of benzene rings is 2. The van der Waals surface area contributed by atoms with Crippen LogP contribution in [0.1, 0.15) is 26.7 Å². The van der Waals surface area contributed by atoms with E-state index >= 15 is 0 Å². The molecule has 0 aliphatic rings. The second-order valence-electron chi connectivity index (χ2n) is 5.66. The number of nitro groups is 2. The van der Waals surface area contributed by atoms with Gasteiger partial charge in [-0.3, -0.25) is 31.1 Å². The fourth-order valence-corrected chi connectivity index (χ4v) is 2.27. The standard InChI is InChI=1S/C18H20N6O4/c1-3-17(21-19-13-5-9-15(10-6-13)23(25)26)18(4-2)22-20-14-7-11-16(12-8-14)24(27)28/h5-12,19-20H,3-4H2,1-2H3/b21-17+,22-18+. The van der Waals surface area contributed by atoms with Gasteiger partial charge in [0.05, 0.1) is 32.6 Å². The maximum atomic E-state index is 10.7. The minimum Gasteiger partial charge on any atom is -0.278 e. The molecule has 0 saturated heterocycles.